The molecule has 1 aliphatic carbocycles. The third-order valence-corrected chi connectivity index (χ3v) is 4.66. The van der Waals surface area contributed by atoms with Gasteiger partial charge in [-0.25, -0.2) is 4.39 Å². The number of rotatable bonds is 6. The van der Waals surface area contributed by atoms with Crippen molar-refractivity contribution in [3.05, 3.63) is 54.0 Å². The third-order valence-electron chi connectivity index (χ3n) is 4.66. The molecule has 1 saturated carbocycles. The topological polar surface area (TPSA) is 42.0 Å². The van der Waals surface area contributed by atoms with Gasteiger partial charge in [0.15, 0.2) is 0 Å². The van der Waals surface area contributed by atoms with Gasteiger partial charge in [0.05, 0.1) is 12.1 Å². The van der Waals surface area contributed by atoms with Gasteiger partial charge in [-0.2, -0.15) is 0 Å². The monoisotopic (exact) mass is 326 g/mol. The van der Waals surface area contributed by atoms with Gasteiger partial charge in [0.2, 0.25) is 5.91 Å². The first-order valence-corrected chi connectivity index (χ1v) is 8.68. The molecule has 1 heterocycles. The number of nitrogens with zero attached hydrogens (tertiary/aromatic N) is 1. The van der Waals surface area contributed by atoms with E-state index in [1.54, 1.807) is 12.3 Å². The molecule has 3 nitrogen and oxygen atoms in total. The Hall–Kier alpha value is -2.23. The molecule has 24 heavy (non-hydrogen) atoms. The minimum Gasteiger partial charge on any atom is -0.356 e. The van der Waals surface area contributed by atoms with Crippen molar-refractivity contribution in [3.8, 4) is 11.3 Å². The lowest BCUT2D eigenvalue weighted by Crippen LogP contribution is -2.27. The maximum absolute atomic E-state index is 13.3. The van der Waals surface area contributed by atoms with Crippen LogP contribution in [0.2, 0.25) is 0 Å². The molecular weight excluding hydrogens is 303 g/mol. The van der Waals surface area contributed by atoms with Crippen LogP contribution in [-0.2, 0) is 11.2 Å². The lowest BCUT2D eigenvalue weighted by molar-refractivity contribution is -0.120. The maximum atomic E-state index is 13.3. The highest BCUT2D eigenvalue weighted by atomic mass is 19.1. The van der Waals surface area contributed by atoms with Crippen LogP contribution in [0.1, 0.15) is 37.7 Å². The van der Waals surface area contributed by atoms with Crippen molar-refractivity contribution in [1.82, 2.24) is 10.3 Å². The summed E-state index contributed by atoms with van der Waals surface area (Å²) in [6.07, 6.45) is 8.40. The molecule has 4 heteroatoms. The molecule has 0 saturated heterocycles. The van der Waals surface area contributed by atoms with Crippen LogP contribution in [0.5, 0.6) is 0 Å². The molecule has 1 aromatic carbocycles. The summed E-state index contributed by atoms with van der Waals surface area (Å²) >= 11 is 0. The van der Waals surface area contributed by atoms with Crippen molar-refractivity contribution >= 4 is 5.91 Å². The summed E-state index contributed by atoms with van der Waals surface area (Å²) in [6, 6.07) is 10.1. The fourth-order valence-electron chi connectivity index (χ4n) is 3.31. The van der Waals surface area contributed by atoms with Gasteiger partial charge in [-0.1, -0.05) is 43.9 Å². The molecule has 1 N–H and O–H groups in total. The van der Waals surface area contributed by atoms with Gasteiger partial charge < -0.3 is 5.32 Å². The van der Waals surface area contributed by atoms with Crippen LogP contribution < -0.4 is 5.32 Å². The number of halogens is 1. The van der Waals surface area contributed by atoms with Crippen molar-refractivity contribution in [2.75, 3.05) is 6.54 Å². The second-order valence-electron chi connectivity index (χ2n) is 6.53. The minimum atomic E-state index is -0.278. The number of pyridine rings is 1. The third kappa shape index (κ3) is 4.63. The molecule has 3 rings (SSSR count). The van der Waals surface area contributed by atoms with Crippen molar-refractivity contribution in [2.24, 2.45) is 5.92 Å². The first kappa shape index (κ1) is 16.6. The second kappa shape index (κ2) is 8.04. The molecular formula is C20H23FN2O. The Morgan fingerprint density at radius 1 is 1.21 bits per heavy atom. The zero-order valence-electron chi connectivity index (χ0n) is 13.8. The van der Waals surface area contributed by atoms with Crippen LogP contribution in [0.15, 0.2) is 42.6 Å². The van der Waals surface area contributed by atoms with Gasteiger partial charge in [0.1, 0.15) is 5.82 Å². The lowest BCUT2D eigenvalue weighted by Gasteiger charge is -2.10. The number of nitrogens with one attached hydrogen (secondary N) is 1. The SMILES string of the molecule is O=C(Cc1ccc(-c2cccc(F)c2)nc1)NCCC1CCCC1. The fraction of sp³-hybridized carbons (Fsp3) is 0.400. The minimum absolute atomic E-state index is 0.0355. The molecule has 0 radical (unpaired) electrons. The van der Waals surface area contributed by atoms with E-state index in [1.807, 2.05) is 18.2 Å². The lowest BCUT2D eigenvalue weighted by atomic mass is 10.0. The van der Waals surface area contributed by atoms with Gasteiger partial charge in [-0.05, 0) is 36.1 Å². The van der Waals surface area contributed by atoms with Crippen molar-refractivity contribution in [2.45, 2.75) is 38.5 Å². The Balaban J connectivity index is 1.49. The van der Waals surface area contributed by atoms with Crippen LogP contribution in [0, 0.1) is 11.7 Å². The van der Waals surface area contributed by atoms with Crippen LogP contribution in [0.3, 0.4) is 0 Å². The Morgan fingerprint density at radius 2 is 2.04 bits per heavy atom. The number of aromatic nitrogens is 1. The van der Waals surface area contributed by atoms with Crippen molar-refractivity contribution < 1.29 is 9.18 Å². The average Bonchev–Trinajstić information content (AvgIpc) is 3.09. The number of amides is 1. The first-order chi connectivity index (χ1) is 11.7. The fourth-order valence-corrected chi connectivity index (χ4v) is 3.31. The van der Waals surface area contributed by atoms with E-state index in [-0.39, 0.29) is 11.7 Å². The predicted molar refractivity (Wildman–Crippen MR) is 92.9 cm³/mol. The molecule has 126 valence electrons. The Morgan fingerprint density at radius 3 is 2.75 bits per heavy atom. The number of carbonyl (C=O) groups is 1. The molecule has 2 aromatic rings. The number of benzene rings is 1. The van der Waals surface area contributed by atoms with Gasteiger partial charge >= 0.3 is 0 Å². The standard InChI is InChI=1S/C20H23FN2O/c21-18-7-3-6-17(13-18)19-9-8-16(14-23-19)12-20(24)22-11-10-15-4-1-2-5-15/h3,6-9,13-15H,1-2,4-5,10-12H2,(H,22,24). The molecule has 0 unspecified atom stereocenters. The van der Waals surface area contributed by atoms with E-state index in [1.165, 1.54) is 37.8 Å². The number of carbonyl (C=O) groups excluding carboxylic acids is 1. The van der Waals surface area contributed by atoms with Crippen LogP contribution in [0.4, 0.5) is 4.39 Å². The molecule has 1 aliphatic rings. The number of hydrogen-bond donors (Lipinski definition) is 1. The van der Waals surface area contributed by atoms with Gasteiger partial charge in [0.25, 0.3) is 0 Å². The van der Waals surface area contributed by atoms with Crippen LogP contribution in [0.25, 0.3) is 11.3 Å². The Kier molecular flexibility index (Phi) is 5.57. The number of hydrogen-bond acceptors (Lipinski definition) is 2. The zero-order chi connectivity index (χ0) is 16.8. The Labute approximate surface area is 142 Å². The van der Waals surface area contributed by atoms with E-state index in [2.05, 4.69) is 10.3 Å². The summed E-state index contributed by atoms with van der Waals surface area (Å²) in [5, 5.41) is 3.00. The average molecular weight is 326 g/mol. The van der Waals surface area contributed by atoms with Crippen LogP contribution in [-0.4, -0.2) is 17.4 Å². The van der Waals surface area contributed by atoms with Gasteiger partial charge in [0, 0.05) is 18.3 Å². The highest BCUT2D eigenvalue weighted by Gasteiger charge is 2.14. The highest BCUT2D eigenvalue weighted by molar-refractivity contribution is 5.78. The second-order valence-corrected chi connectivity index (χ2v) is 6.53. The van der Waals surface area contributed by atoms with Crippen molar-refractivity contribution in [3.63, 3.8) is 0 Å². The molecule has 0 spiro atoms. The summed E-state index contributed by atoms with van der Waals surface area (Å²) in [7, 11) is 0. The highest BCUT2D eigenvalue weighted by Crippen LogP contribution is 2.26. The van der Waals surface area contributed by atoms with E-state index in [0.717, 1.165) is 30.0 Å². The van der Waals surface area contributed by atoms with E-state index in [4.69, 9.17) is 0 Å². The maximum Gasteiger partial charge on any atom is 0.224 e. The van der Waals surface area contributed by atoms with Crippen molar-refractivity contribution in [1.29, 1.82) is 0 Å². The van der Waals surface area contributed by atoms with E-state index < -0.39 is 0 Å². The van der Waals surface area contributed by atoms with Crippen LogP contribution >= 0.6 is 0 Å². The quantitative estimate of drug-likeness (QED) is 0.867. The Bertz CT molecular complexity index is 678. The molecule has 0 bridgehead atoms. The smallest absolute Gasteiger partial charge is 0.224 e. The summed E-state index contributed by atoms with van der Waals surface area (Å²) < 4.78 is 13.3. The van der Waals surface area contributed by atoms with Gasteiger partial charge in [-0.15, -0.1) is 0 Å². The zero-order valence-corrected chi connectivity index (χ0v) is 13.8. The molecule has 1 aromatic heterocycles. The summed E-state index contributed by atoms with van der Waals surface area (Å²) in [5.41, 5.74) is 2.32. The largest absolute Gasteiger partial charge is 0.356 e. The summed E-state index contributed by atoms with van der Waals surface area (Å²) in [4.78, 5) is 16.3. The summed E-state index contributed by atoms with van der Waals surface area (Å²) in [5.74, 6) is 0.547. The molecule has 0 aliphatic heterocycles. The van der Waals surface area contributed by atoms with E-state index in [0.29, 0.717) is 12.1 Å². The molecule has 1 fully saturated rings. The van der Waals surface area contributed by atoms with E-state index >= 15 is 0 Å². The van der Waals surface area contributed by atoms with Gasteiger partial charge in [-0.3, -0.25) is 9.78 Å². The first-order valence-electron chi connectivity index (χ1n) is 8.68. The molecule has 0 atom stereocenters. The van der Waals surface area contributed by atoms with E-state index in [9.17, 15) is 9.18 Å². The predicted octanol–water partition coefficient (Wildman–Crippen LogP) is 4.13. The summed E-state index contributed by atoms with van der Waals surface area (Å²) in [6.45, 7) is 0.762. The molecule has 1 amide bonds. The normalized spacial score (nSPS) is 14.7.